The van der Waals surface area contributed by atoms with Gasteiger partial charge in [-0.2, -0.15) is 5.10 Å². The van der Waals surface area contributed by atoms with Crippen LogP contribution in [-0.2, 0) is 7.05 Å². The van der Waals surface area contributed by atoms with Gasteiger partial charge in [0.25, 0.3) is 5.91 Å². The normalized spacial score (nSPS) is 10.6. The molecule has 0 aliphatic carbocycles. The molecule has 150 valence electrons. The van der Waals surface area contributed by atoms with Crippen LogP contribution in [0.3, 0.4) is 0 Å². The first kappa shape index (κ1) is 19.4. The molecule has 0 spiro atoms. The van der Waals surface area contributed by atoms with Gasteiger partial charge in [-0.15, -0.1) is 0 Å². The van der Waals surface area contributed by atoms with Crippen molar-refractivity contribution in [3.8, 4) is 22.6 Å². The Hall–Kier alpha value is -3.93. The van der Waals surface area contributed by atoms with Crippen molar-refractivity contribution in [2.24, 2.45) is 7.05 Å². The summed E-state index contributed by atoms with van der Waals surface area (Å²) in [5.41, 5.74) is 4.97. The quantitative estimate of drug-likeness (QED) is 0.505. The summed E-state index contributed by atoms with van der Waals surface area (Å²) in [6, 6.07) is 18.6. The highest BCUT2D eigenvalue weighted by molar-refractivity contribution is 6.04. The van der Waals surface area contributed by atoms with Gasteiger partial charge in [-0.3, -0.25) is 14.5 Å². The van der Waals surface area contributed by atoms with Crippen molar-refractivity contribution in [1.29, 1.82) is 0 Å². The minimum absolute atomic E-state index is 0.222. The summed E-state index contributed by atoms with van der Waals surface area (Å²) in [4.78, 5) is 17.0. The molecule has 0 unspecified atom stereocenters. The molecule has 0 fully saturated rings. The molecule has 30 heavy (non-hydrogen) atoms. The van der Waals surface area contributed by atoms with Gasteiger partial charge in [0.15, 0.2) is 0 Å². The Morgan fingerprint density at radius 3 is 2.33 bits per heavy atom. The van der Waals surface area contributed by atoms with E-state index in [1.54, 1.807) is 12.4 Å². The van der Waals surface area contributed by atoms with Crippen molar-refractivity contribution in [1.82, 2.24) is 14.8 Å². The van der Waals surface area contributed by atoms with Crippen LogP contribution < -0.4 is 10.1 Å². The molecule has 0 aliphatic rings. The fourth-order valence-electron chi connectivity index (χ4n) is 3.33. The Labute approximate surface area is 175 Å². The van der Waals surface area contributed by atoms with Crippen molar-refractivity contribution < 1.29 is 9.53 Å². The molecule has 1 amide bonds. The number of carbonyl (C=O) groups excluding carboxylic acids is 1. The van der Waals surface area contributed by atoms with Crippen molar-refractivity contribution in [2.75, 3.05) is 5.32 Å². The maximum absolute atomic E-state index is 12.7. The molecule has 2 aromatic heterocycles. The number of nitrogens with zero attached hydrogens (tertiary/aromatic N) is 3. The summed E-state index contributed by atoms with van der Waals surface area (Å²) < 4.78 is 7.61. The van der Waals surface area contributed by atoms with E-state index in [4.69, 9.17) is 4.74 Å². The van der Waals surface area contributed by atoms with Gasteiger partial charge in [0.2, 0.25) is 0 Å². The van der Waals surface area contributed by atoms with Crippen LogP contribution in [0.15, 0.2) is 73.1 Å². The van der Waals surface area contributed by atoms with E-state index in [0.29, 0.717) is 17.0 Å². The second-order valence-corrected chi connectivity index (χ2v) is 7.03. The summed E-state index contributed by atoms with van der Waals surface area (Å²) >= 11 is 0. The summed E-state index contributed by atoms with van der Waals surface area (Å²) in [6.45, 7) is 3.95. The van der Waals surface area contributed by atoms with E-state index in [2.05, 4.69) is 15.4 Å². The second-order valence-electron chi connectivity index (χ2n) is 7.03. The standard InChI is InChI=1S/C24H22N4O2/c1-16-23(17(2)28(3)27-16)18-13-19(15-25-14-18)24(29)26-20-9-11-22(12-10-20)30-21-7-5-4-6-8-21/h4-15H,1-3H3,(H,26,29). The van der Waals surface area contributed by atoms with E-state index in [1.807, 2.05) is 86.2 Å². The van der Waals surface area contributed by atoms with Crippen LogP contribution >= 0.6 is 0 Å². The molecule has 1 N–H and O–H groups in total. The number of hydrogen-bond acceptors (Lipinski definition) is 4. The molecule has 0 atom stereocenters. The Morgan fingerprint density at radius 1 is 0.967 bits per heavy atom. The van der Waals surface area contributed by atoms with E-state index >= 15 is 0 Å². The average molecular weight is 398 g/mol. The van der Waals surface area contributed by atoms with E-state index < -0.39 is 0 Å². The van der Waals surface area contributed by atoms with Crippen LogP contribution in [0.4, 0.5) is 5.69 Å². The number of para-hydroxylation sites is 1. The maximum Gasteiger partial charge on any atom is 0.257 e. The van der Waals surface area contributed by atoms with Crippen LogP contribution in [0, 0.1) is 13.8 Å². The monoisotopic (exact) mass is 398 g/mol. The number of benzene rings is 2. The highest BCUT2D eigenvalue weighted by Gasteiger charge is 2.14. The first-order valence-electron chi connectivity index (χ1n) is 9.61. The predicted octanol–water partition coefficient (Wildman–Crippen LogP) is 5.14. The lowest BCUT2D eigenvalue weighted by Gasteiger charge is -2.09. The third-order valence-electron chi connectivity index (χ3n) is 4.89. The molecular formula is C24H22N4O2. The van der Waals surface area contributed by atoms with E-state index in [-0.39, 0.29) is 5.91 Å². The third-order valence-corrected chi connectivity index (χ3v) is 4.89. The fourth-order valence-corrected chi connectivity index (χ4v) is 3.33. The van der Waals surface area contributed by atoms with Gasteiger partial charge in [0.1, 0.15) is 11.5 Å². The topological polar surface area (TPSA) is 69.0 Å². The lowest BCUT2D eigenvalue weighted by atomic mass is 10.0. The van der Waals surface area contributed by atoms with Gasteiger partial charge >= 0.3 is 0 Å². The number of nitrogens with one attached hydrogen (secondary N) is 1. The molecule has 0 aliphatic heterocycles. The highest BCUT2D eigenvalue weighted by Crippen LogP contribution is 2.27. The summed E-state index contributed by atoms with van der Waals surface area (Å²) in [7, 11) is 1.90. The van der Waals surface area contributed by atoms with Gasteiger partial charge in [0, 0.05) is 41.9 Å². The number of ether oxygens (including phenoxy) is 1. The second kappa shape index (κ2) is 8.21. The Morgan fingerprint density at radius 2 is 1.67 bits per heavy atom. The molecule has 6 heteroatoms. The lowest BCUT2D eigenvalue weighted by molar-refractivity contribution is 0.102. The van der Waals surface area contributed by atoms with E-state index in [1.165, 1.54) is 0 Å². The highest BCUT2D eigenvalue weighted by atomic mass is 16.5. The molecule has 4 aromatic rings. The third kappa shape index (κ3) is 4.07. The zero-order valence-corrected chi connectivity index (χ0v) is 17.1. The van der Waals surface area contributed by atoms with Gasteiger partial charge in [-0.05, 0) is 56.3 Å². The number of carbonyl (C=O) groups is 1. The van der Waals surface area contributed by atoms with Gasteiger partial charge in [0.05, 0.1) is 11.3 Å². The van der Waals surface area contributed by atoms with Crippen LogP contribution in [0.5, 0.6) is 11.5 Å². The molecule has 6 nitrogen and oxygen atoms in total. The van der Waals surface area contributed by atoms with Gasteiger partial charge in [-0.1, -0.05) is 18.2 Å². The Kier molecular flexibility index (Phi) is 5.30. The first-order chi connectivity index (χ1) is 14.5. The van der Waals surface area contributed by atoms with Crippen LogP contribution in [-0.4, -0.2) is 20.7 Å². The van der Waals surface area contributed by atoms with Gasteiger partial charge in [-0.25, -0.2) is 0 Å². The number of rotatable bonds is 5. The minimum atomic E-state index is -0.222. The summed E-state index contributed by atoms with van der Waals surface area (Å²) in [5.74, 6) is 1.24. The first-order valence-corrected chi connectivity index (χ1v) is 9.61. The van der Waals surface area contributed by atoms with E-state index in [9.17, 15) is 4.79 Å². The number of amides is 1. The van der Waals surface area contributed by atoms with Crippen LogP contribution in [0.2, 0.25) is 0 Å². The molecular weight excluding hydrogens is 376 g/mol. The van der Waals surface area contributed by atoms with Crippen LogP contribution in [0.1, 0.15) is 21.7 Å². The number of aryl methyl sites for hydroxylation is 2. The Balaban J connectivity index is 1.49. The van der Waals surface area contributed by atoms with E-state index in [0.717, 1.165) is 28.3 Å². The minimum Gasteiger partial charge on any atom is -0.457 e. The summed E-state index contributed by atoms with van der Waals surface area (Å²) in [6.07, 6.45) is 3.32. The maximum atomic E-state index is 12.7. The fraction of sp³-hybridized carbons (Fsp3) is 0.125. The zero-order valence-electron chi connectivity index (χ0n) is 17.1. The molecule has 2 aromatic carbocycles. The number of hydrogen-bond donors (Lipinski definition) is 1. The van der Waals surface area contributed by atoms with Crippen molar-refractivity contribution in [3.63, 3.8) is 0 Å². The van der Waals surface area contributed by atoms with Crippen molar-refractivity contribution in [2.45, 2.75) is 13.8 Å². The molecule has 0 saturated carbocycles. The van der Waals surface area contributed by atoms with Crippen molar-refractivity contribution in [3.05, 3.63) is 90.0 Å². The predicted molar refractivity (Wildman–Crippen MR) is 117 cm³/mol. The largest absolute Gasteiger partial charge is 0.457 e. The lowest BCUT2D eigenvalue weighted by Crippen LogP contribution is -2.12. The average Bonchev–Trinajstić information content (AvgIpc) is 3.01. The zero-order chi connectivity index (χ0) is 21.1. The van der Waals surface area contributed by atoms with Crippen LogP contribution in [0.25, 0.3) is 11.1 Å². The smallest absolute Gasteiger partial charge is 0.257 e. The molecule has 0 radical (unpaired) electrons. The SMILES string of the molecule is Cc1nn(C)c(C)c1-c1cncc(C(=O)Nc2ccc(Oc3ccccc3)cc2)c1. The molecule has 0 saturated heterocycles. The van der Waals surface area contributed by atoms with Crippen molar-refractivity contribution >= 4 is 11.6 Å². The van der Waals surface area contributed by atoms with Gasteiger partial charge < -0.3 is 10.1 Å². The number of pyridine rings is 1. The number of aromatic nitrogens is 3. The summed E-state index contributed by atoms with van der Waals surface area (Å²) in [5, 5.41) is 7.35. The Bertz CT molecular complexity index is 1180. The molecule has 0 bridgehead atoms. The molecule has 2 heterocycles. The number of anilines is 1. The molecule has 4 rings (SSSR count).